The SMILES string of the molecule is NCCCC[C@@H](NC(=O)[C@@H](Cc1ccc(O)cc1)NC(=O)[C@@H](CC(=O)O)NC(=O)[C@@H](CCCN=C(N)N)NC(=O)[C@@H](Cc1cnc[nH]1)NC(=O)CN)C(=O)O. The van der Waals surface area contributed by atoms with Gasteiger partial charge in [0, 0.05) is 31.3 Å². The number of guanidine groups is 1. The van der Waals surface area contributed by atoms with E-state index in [-0.39, 0.29) is 50.4 Å². The fraction of sp³-hybridized carbons (Fsp3) is 0.485. The minimum absolute atomic E-state index is 0.0279. The number of imidazole rings is 1. The first kappa shape index (κ1) is 44.9. The monoisotopic (exact) mass is 774 g/mol. The van der Waals surface area contributed by atoms with Crippen molar-refractivity contribution in [1.82, 2.24) is 36.6 Å². The summed E-state index contributed by atoms with van der Waals surface area (Å²) >= 11 is 0. The number of aromatic amines is 1. The maximum Gasteiger partial charge on any atom is 0.326 e. The van der Waals surface area contributed by atoms with Gasteiger partial charge in [0.15, 0.2) is 5.96 Å². The van der Waals surface area contributed by atoms with Crippen LogP contribution in [0.2, 0.25) is 0 Å². The van der Waals surface area contributed by atoms with Crippen molar-refractivity contribution in [1.29, 1.82) is 0 Å². The molecule has 2 aromatic rings. The van der Waals surface area contributed by atoms with Gasteiger partial charge >= 0.3 is 11.9 Å². The summed E-state index contributed by atoms with van der Waals surface area (Å²) in [5.41, 5.74) is 22.6. The Balaban J connectivity index is 2.38. The van der Waals surface area contributed by atoms with Gasteiger partial charge in [0.05, 0.1) is 19.3 Å². The van der Waals surface area contributed by atoms with E-state index in [1.807, 2.05) is 0 Å². The van der Waals surface area contributed by atoms with Crippen molar-refractivity contribution < 1.29 is 48.9 Å². The molecule has 0 aliphatic heterocycles. The molecular formula is C33H50N12O10. The van der Waals surface area contributed by atoms with Gasteiger partial charge in [-0.3, -0.25) is 33.8 Å². The van der Waals surface area contributed by atoms with Crippen LogP contribution in [-0.2, 0) is 46.4 Å². The van der Waals surface area contributed by atoms with Crippen LogP contribution in [0.15, 0.2) is 41.8 Å². The second-order valence-corrected chi connectivity index (χ2v) is 12.4. The zero-order valence-corrected chi connectivity index (χ0v) is 30.0. The Bertz CT molecular complexity index is 1620. The van der Waals surface area contributed by atoms with Gasteiger partial charge in [0.25, 0.3) is 0 Å². The standard InChI is InChI=1S/C33H50N12O10/c34-10-2-1-4-22(32(54)55)43-29(51)23(12-18-6-8-20(46)9-7-18)44-31(53)25(14-27(48)49)45-28(50)21(5-3-11-39-33(36)37)42-30(52)24(41-26(47)15-35)13-19-16-38-17-40-19/h6-9,16-17,21-25,46H,1-5,10-15,34-35H2,(H,38,40)(H,41,47)(H,42,52)(H,43,51)(H,44,53)(H,45,50)(H,48,49)(H,54,55)(H4,36,37,39)/t21-,22-,23-,24-,25-/m1/s1. The van der Waals surface area contributed by atoms with Gasteiger partial charge in [0.1, 0.15) is 36.0 Å². The van der Waals surface area contributed by atoms with E-state index in [0.29, 0.717) is 30.6 Å². The van der Waals surface area contributed by atoms with Crippen molar-refractivity contribution in [3.8, 4) is 5.75 Å². The summed E-state index contributed by atoms with van der Waals surface area (Å²) < 4.78 is 0. The van der Waals surface area contributed by atoms with E-state index in [4.69, 9.17) is 22.9 Å². The maximum atomic E-state index is 13.7. The van der Waals surface area contributed by atoms with Crippen LogP contribution >= 0.6 is 0 Å². The van der Waals surface area contributed by atoms with Crippen LogP contribution in [-0.4, -0.2) is 123 Å². The number of nitrogens with zero attached hydrogens (tertiary/aromatic N) is 2. The summed E-state index contributed by atoms with van der Waals surface area (Å²) in [6.45, 7) is -0.119. The van der Waals surface area contributed by atoms with E-state index in [1.165, 1.54) is 36.8 Å². The van der Waals surface area contributed by atoms with Crippen molar-refractivity contribution in [2.45, 2.75) is 81.6 Å². The van der Waals surface area contributed by atoms with Crippen LogP contribution < -0.4 is 49.5 Å². The fourth-order valence-corrected chi connectivity index (χ4v) is 5.15. The molecule has 22 heteroatoms. The van der Waals surface area contributed by atoms with E-state index in [9.17, 15) is 48.9 Å². The van der Waals surface area contributed by atoms with Gasteiger partial charge in [0.2, 0.25) is 29.5 Å². The van der Waals surface area contributed by atoms with Gasteiger partial charge in [-0.1, -0.05) is 12.1 Å². The quantitative estimate of drug-likeness (QED) is 0.0260. The number of phenolic OH excluding ortho intramolecular Hbond substituents is 1. The second kappa shape index (κ2) is 23.4. The van der Waals surface area contributed by atoms with Gasteiger partial charge < -0.3 is 69.8 Å². The number of H-pyrrole nitrogens is 1. The number of hydrogen-bond donors (Lipinski definition) is 13. The Morgan fingerprint density at radius 1 is 0.727 bits per heavy atom. The smallest absolute Gasteiger partial charge is 0.326 e. The highest BCUT2D eigenvalue weighted by Crippen LogP contribution is 2.13. The number of aromatic hydroxyl groups is 1. The zero-order chi connectivity index (χ0) is 40.9. The lowest BCUT2D eigenvalue weighted by Gasteiger charge is -2.26. The minimum atomic E-state index is -1.81. The number of carboxylic acid groups (broad SMARTS) is 2. The number of amides is 5. The number of benzene rings is 1. The Labute approximate surface area is 315 Å². The molecule has 0 aliphatic rings. The second-order valence-electron chi connectivity index (χ2n) is 12.4. The number of carbonyl (C=O) groups is 7. The van der Waals surface area contributed by atoms with Crippen LogP contribution in [0, 0.1) is 0 Å². The Morgan fingerprint density at radius 2 is 1.29 bits per heavy atom. The molecular weight excluding hydrogens is 724 g/mol. The highest BCUT2D eigenvalue weighted by atomic mass is 16.4. The van der Waals surface area contributed by atoms with E-state index in [1.54, 1.807) is 0 Å². The highest BCUT2D eigenvalue weighted by molar-refractivity contribution is 5.97. The number of aliphatic imine (C=N–C) groups is 1. The average molecular weight is 775 g/mol. The van der Waals surface area contributed by atoms with E-state index in [0.717, 1.165) is 0 Å². The molecule has 0 radical (unpaired) electrons. The third kappa shape index (κ3) is 16.9. The molecule has 0 saturated heterocycles. The van der Waals surface area contributed by atoms with Crippen molar-refractivity contribution in [2.75, 3.05) is 19.6 Å². The summed E-state index contributed by atoms with van der Waals surface area (Å²) in [6.07, 6.45) is 2.41. The molecule has 2 rings (SSSR count). The summed E-state index contributed by atoms with van der Waals surface area (Å²) in [4.78, 5) is 101. The molecule has 0 unspecified atom stereocenters. The first-order valence-corrected chi connectivity index (χ1v) is 17.3. The summed E-state index contributed by atoms with van der Waals surface area (Å²) in [6, 6.07) is -1.73. The molecule has 5 amide bonds. The lowest BCUT2D eigenvalue weighted by atomic mass is 10.0. The molecule has 1 heterocycles. The molecule has 22 nitrogen and oxygen atoms in total. The molecule has 1 aromatic heterocycles. The van der Waals surface area contributed by atoms with Gasteiger partial charge in [-0.15, -0.1) is 0 Å². The van der Waals surface area contributed by atoms with E-state index in [2.05, 4.69) is 41.5 Å². The lowest BCUT2D eigenvalue weighted by molar-refractivity contribution is -0.143. The largest absolute Gasteiger partial charge is 0.508 e. The third-order valence-corrected chi connectivity index (χ3v) is 7.98. The van der Waals surface area contributed by atoms with Crippen molar-refractivity contribution in [3.05, 3.63) is 48.0 Å². The molecule has 0 fully saturated rings. The van der Waals surface area contributed by atoms with Gasteiger partial charge in [-0.2, -0.15) is 0 Å². The van der Waals surface area contributed by atoms with E-state index < -0.39 is 84.6 Å². The number of carboxylic acids is 2. The number of aliphatic carboxylic acids is 2. The normalized spacial score (nSPS) is 13.5. The lowest BCUT2D eigenvalue weighted by Crippen LogP contribution is -2.59. The first-order chi connectivity index (χ1) is 26.1. The van der Waals surface area contributed by atoms with Gasteiger partial charge in [-0.25, -0.2) is 9.78 Å². The molecule has 302 valence electrons. The summed E-state index contributed by atoms with van der Waals surface area (Å²) in [5.74, 6) is -7.72. The number of hydrogen-bond acceptors (Lipinski definition) is 12. The van der Waals surface area contributed by atoms with Gasteiger partial charge in [-0.05, 0) is 56.3 Å². The van der Waals surface area contributed by atoms with Crippen LogP contribution in [0.1, 0.15) is 49.8 Å². The Kier molecular flexibility index (Phi) is 19.1. The molecule has 17 N–H and O–H groups in total. The van der Waals surface area contributed by atoms with Crippen molar-refractivity contribution >= 4 is 47.4 Å². The molecule has 5 atom stereocenters. The zero-order valence-electron chi connectivity index (χ0n) is 30.0. The number of aromatic nitrogens is 2. The molecule has 55 heavy (non-hydrogen) atoms. The van der Waals surface area contributed by atoms with Crippen LogP contribution in [0.3, 0.4) is 0 Å². The molecule has 1 aromatic carbocycles. The molecule has 0 spiro atoms. The first-order valence-electron chi connectivity index (χ1n) is 17.3. The number of unbranched alkanes of at least 4 members (excludes halogenated alkanes) is 1. The number of nitrogens with two attached hydrogens (primary N) is 4. The minimum Gasteiger partial charge on any atom is -0.508 e. The molecule has 0 bridgehead atoms. The van der Waals surface area contributed by atoms with Crippen LogP contribution in [0.4, 0.5) is 0 Å². The number of phenols is 1. The van der Waals surface area contributed by atoms with Crippen LogP contribution in [0.5, 0.6) is 5.75 Å². The highest BCUT2D eigenvalue weighted by Gasteiger charge is 2.33. The number of rotatable bonds is 25. The number of carbonyl (C=O) groups excluding carboxylic acids is 5. The predicted molar refractivity (Wildman–Crippen MR) is 196 cm³/mol. The van der Waals surface area contributed by atoms with Crippen molar-refractivity contribution in [2.24, 2.45) is 27.9 Å². The average Bonchev–Trinajstić information content (AvgIpc) is 3.65. The topological polar surface area (TPSA) is 385 Å². The Hall–Kier alpha value is -6.29. The number of nitrogens with one attached hydrogen (secondary N) is 6. The fourth-order valence-electron chi connectivity index (χ4n) is 5.15. The molecule has 0 aliphatic carbocycles. The van der Waals surface area contributed by atoms with E-state index >= 15 is 0 Å². The van der Waals surface area contributed by atoms with Crippen LogP contribution in [0.25, 0.3) is 0 Å². The third-order valence-electron chi connectivity index (χ3n) is 7.98. The summed E-state index contributed by atoms with van der Waals surface area (Å²) in [5, 5.41) is 41.2. The maximum absolute atomic E-state index is 13.7. The molecule has 0 saturated carbocycles. The summed E-state index contributed by atoms with van der Waals surface area (Å²) in [7, 11) is 0. The van der Waals surface area contributed by atoms with Crippen molar-refractivity contribution in [3.63, 3.8) is 0 Å². The predicted octanol–water partition coefficient (Wildman–Crippen LogP) is -3.97. The Morgan fingerprint density at radius 3 is 1.85 bits per heavy atom.